The molecule has 8 nitrogen and oxygen atoms in total. The summed E-state index contributed by atoms with van der Waals surface area (Å²) in [6, 6.07) is 12.1. The van der Waals surface area contributed by atoms with Crippen molar-refractivity contribution in [2.24, 2.45) is 0 Å². The number of fused-ring (bicyclic) bond motifs is 4. The Morgan fingerprint density at radius 3 is 2.70 bits per heavy atom. The molecule has 5 rings (SSSR count). The molecule has 0 aliphatic carbocycles. The van der Waals surface area contributed by atoms with Gasteiger partial charge in [-0.25, -0.2) is 0 Å². The highest BCUT2D eigenvalue weighted by Crippen LogP contribution is 2.56. The van der Waals surface area contributed by atoms with Gasteiger partial charge in [0.15, 0.2) is 11.5 Å². The van der Waals surface area contributed by atoms with Crippen molar-refractivity contribution in [2.75, 3.05) is 25.1 Å². The first-order valence-corrected chi connectivity index (χ1v) is 11.8. The second kappa shape index (κ2) is 8.30. The molecule has 0 bridgehead atoms. The van der Waals surface area contributed by atoms with Crippen LogP contribution in [0.15, 0.2) is 42.5 Å². The normalized spacial score (nSPS) is 21.9. The Morgan fingerprint density at radius 2 is 1.88 bits per heavy atom. The van der Waals surface area contributed by atoms with Gasteiger partial charge in [-0.15, -0.1) is 11.8 Å². The van der Waals surface area contributed by atoms with Crippen LogP contribution < -0.4 is 20.1 Å². The summed E-state index contributed by atoms with van der Waals surface area (Å²) in [5.74, 6) is 0.655. The maximum Gasteiger partial charge on any atom is 0.256 e. The standard InChI is InChI=1S/C24H25N3O5S/c1-24(2)20(27-22(30)15-5-3-4-6-16(15)23(27)33-24)21(29)25-10-9-19(28)26-14-7-8-17-18(13-14)32-12-11-31-17/h3-8,13,20,23H,9-12H2,1-2H3,(H,25,29)(H,26,28)/t20-,23?/m1/s1. The average Bonchev–Trinajstić information content (AvgIpc) is 3.22. The topological polar surface area (TPSA) is 97.0 Å². The fraction of sp³-hybridized carbons (Fsp3) is 0.375. The third kappa shape index (κ3) is 3.90. The van der Waals surface area contributed by atoms with Gasteiger partial charge in [-0.1, -0.05) is 18.2 Å². The van der Waals surface area contributed by atoms with E-state index in [9.17, 15) is 14.4 Å². The number of nitrogens with zero attached hydrogens (tertiary/aromatic N) is 1. The van der Waals surface area contributed by atoms with Crippen LogP contribution in [-0.4, -0.2) is 53.2 Å². The fourth-order valence-corrected chi connectivity index (χ4v) is 6.13. The van der Waals surface area contributed by atoms with E-state index in [1.807, 2.05) is 32.0 Å². The number of carbonyl (C=O) groups excluding carboxylic acids is 3. The molecule has 1 fully saturated rings. The number of thioether (sulfide) groups is 1. The summed E-state index contributed by atoms with van der Waals surface area (Å²) in [6.45, 7) is 5.10. The number of nitrogens with one attached hydrogen (secondary N) is 2. The van der Waals surface area contributed by atoms with Crippen LogP contribution >= 0.6 is 11.8 Å². The number of anilines is 1. The highest BCUT2D eigenvalue weighted by molar-refractivity contribution is 8.01. The Bertz CT molecular complexity index is 1130. The molecule has 3 aliphatic heterocycles. The molecule has 3 aliphatic rings. The van der Waals surface area contributed by atoms with E-state index in [2.05, 4.69) is 10.6 Å². The zero-order chi connectivity index (χ0) is 23.2. The molecule has 2 aromatic carbocycles. The summed E-state index contributed by atoms with van der Waals surface area (Å²) in [7, 11) is 0. The summed E-state index contributed by atoms with van der Waals surface area (Å²) >= 11 is 1.62. The van der Waals surface area contributed by atoms with E-state index in [0.29, 0.717) is 36.0 Å². The van der Waals surface area contributed by atoms with Gasteiger partial charge >= 0.3 is 0 Å². The fourth-order valence-electron chi connectivity index (χ4n) is 4.55. The minimum Gasteiger partial charge on any atom is -0.486 e. The molecule has 33 heavy (non-hydrogen) atoms. The van der Waals surface area contributed by atoms with E-state index in [1.165, 1.54) is 0 Å². The third-order valence-electron chi connectivity index (χ3n) is 6.02. The zero-order valence-electron chi connectivity index (χ0n) is 18.4. The molecule has 1 unspecified atom stereocenters. The molecule has 0 aromatic heterocycles. The zero-order valence-corrected chi connectivity index (χ0v) is 19.2. The van der Waals surface area contributed by atoms with Crippen molar-refractivity contribution < 1.29 is 23.9 Å². The first kappa shape index (κ1) is 21.6. The molecule has 2 atom stereocenters. The number of carbonyl (C=O) groups is 3. The first-order valence-electron chi connectivity index (χ1n) is 10.9. The number of benzene rings is 2. The highest BCUT2D eigenvalue weighted by Gasteiger charge is 2.57. The monoisotopic (exact) mass is 467 g/mol. The second-order valence-corrected chi connectivity index (χ2v) is 10.5. The Kier molecular flexibility index (Phi) is 5.44. The molecule has 0 saturated carbocycles. The van der Waals surface area contributed by atoms with Gasteiger partial charge in [-0.2, -0.15) is 0 Å². The largest absolute Gasteiger partial charge is 0.486 e. The molecule has 9 heteroatoms. The molecule has 0 spiro atoms. The van der Waals surface area contributed by atoms with Gasteiger partial charge < -0.3 is 25.0 Å². The maximum atomic E-state index is 13.1. The second-order valence-electron chi connectivity index (χ2n) is 8.72. The maximum absolute atomic E-state index is 13.1. The van der Waals surface area contributed by atoms with E-state index in [4.69, 9.17) is 9.47 Å². The number of rotatable bonds is 5. The van der Waals surface area contributed by atoms with Crippen molar-refractivity contribution in [3.05, 3.63) is 53.6 Å². The van der Waals surface area contributed by atoms with E-state index < -0.39 is 10.8 Å². The summed E-state index contributed by atoms with van der Waals surface area (Å²) in [5.41, 5.74) is 2.21. The Balaban J connectivity index is 1.19. The lowest BCUT2D eigenvalue weighted by Gasteiger charge is -2.29. The van der Waals surface area contributed by atoms with Crippen LogP contribution in [0.1, 0.15) is 41.6 Å². The van der Waals surface area contributed by atoms with Crippen LogP contribution in [-0.2, 0) is 9.59 Å². The lowest BCUT2D eigenvalue weighted by Crippen LogP contribution is -2.52. The Hall–Kier alpha value is -3.20. The average molecular weight is 468 g/mol. The van der Waals surface area contributed by atoms with Crippen LogP contribution in [0.4, 0.5) is 5.69 Å². The van der Waals surface area contributed by atoms with Crippen molar-refractivity contribution in [1.82, 2.24) is 10.2 Å². The molecule has 2 N–H and O–H groups in total. The lowest BCUT2D eigenvalue weighted by atomic mass is 10.0. The minimum atomic E-state index is -0.617. The van der Waals surface area contributed by atoms with E-state index >= 15 is 0 Å². The minimum absolute atomic E-state index is 0.109. The van der Waals surface area contributed by atoms with Gasteiger partial charge in [0.25, 0.3) is 5.91 Å². The molecule has 0 radical (unpaired) electrons. The van der Waals surface area contributed by atoms with Crippen LogP contribution in [0.25, 0.3) is 0 Å². The van der Waals surface area contributed by atoms with Gasteiger partial charge in [0, 0.05) is 35.0 Å². The van der Waals surface area contributed by atoms with Gasteiger partial charge in [-0.3, -0.25) is 14.4 Å². The van der Waals surface area contributed by atoms with Gasteiger partial charge in [0.1, 0.15) is 24.6 Å². The number of hydrogen-bond acceptors (Lipinski definition) is 6. The summed E-state index contributed by atoms with van der Waals surface area (Å²) in [5, 5.41) is 5.50. The van der Waals surface area contributed by atoms with Gasteiger partial charge in [0.05, 0.1) is 0 Å². The van der Waals surface area contributed by atoms with Crippen LogP contribution in [0.3, 0.4) is 0 Å². The number of ether oxygens (including phenoxy) is 2. The molecule has 172 valence electrons. The van der Waals surface area contributed by atoms with Crippen molar-refractivity contribution in [3.63, 3.8) is 0 Å². The van der Waals surface area contributed by atoms with Crippen LogP contribution in [0.5, 0.6) is 11.5 Å². The molecular formula is C24H25N3O5S. The SMILES string of the molecule is CC1(C)SC2c3ccccc3C(=O)N2[C@@H]1C(=O)NCCC(=O)Nc1ccc2c(c1)OCCO2. The predicted octanol–water partition coefficient (Wildman–Crippen LogP) is 2.95. The van der Waals surface area contributed by atoms with E-state index in [1.54, 1.807) is 40.9 Å². The predicted molar refractivity (Wildman–Crippen MR) is 124 cm³/mol. The summed E-state index contributed by atoms with van der Waals surface area (Å²) in [6.07, 6.45) is 0.109. The van der Waals surface area contributed by atoms with Crippen LogP contribution in [0.2, 0.25) is 0 Å². The number of amides is 3. The smallest absolute Gasteiger partial charge is 0.256 e. The van der Waals surface area contributed by atoms with Crippen molar-refractivity contribution in [1.29, 1.82) is 0 Å². The first-order chi connectivity index (χ1) is 15.8. The molecule has 3 heterocycles. The summed E-state index contributed by atoms with van der Waals surface area (Å²) < 4.78 is 10.6. The van der Waals surface area contributed by atoms with Crippen molar-refractivity contribution in [2.45, 2.75) is 36.4 Å². The number of hydrogen-bond donors (Lipinski definition) is 2. The lowest BCUT2D eigenvalue weighted by molar-refractivity contribution is -0.126. The van der Waals surface area contributed by atoms with Gasteiger partial charge in [-0.05, 0) is 37.6 Å². The summed E-state index contributed by atoms with van der Waals surface area (Å²) in [4.78, 5) is 40.2. The quantitative estimate of drug-likeness (QED) is 0.702. The Morgan fingerprint density at radius 1 is 1.12 bits per heavy atom. The van der Waals surface area contributed by atoms with Gasteiger partial charge in [0.2, 0.25) is 11.8 Å². The molecular weight excluding hydrogens is 442 g/mol. The molecule has 2 aromatic rings. The van der Waals surface area contributed by atoms with E-state index in [0.717, 1.165) is 5.56 Å². The van der Waals surface area contributed by atoms with Crippen molar-refractivity contribution in [3.8, 4) is 11.5 Å². The van der Waals surface area contributed by atoms with Crippen LogP contribution in [0, 0.1) is 0 Å². The Labute approximate surface area is 196 Å². The molecule has 3 amide bonds. The van der Waals surface area contributed by atoms with Crippen molar-refractivity contribution >= 4 is 35.2 Å². The van der Waals surface area contributed by atoms with E-state index in [-0.39, 0.29) is 36.1 Å². The highest BCUT2D eigenvalue weighted by atomic mass is 32.2. The molecule has 1 saturated heterocycles. The third-order valence-corrected chi connectivity index (χ3v) is 7.56.